The second kappa shape index (κ2) is 7.47. The van der Waals surface area contributed by atoms with Crippen molar-refractivity contribution in [1.29, 1.82) is 0 Å². The van der Waals surface area contributed by atoms with E-state index in [0.717, 1.165) is 35.9 Å². The second-order valence-electron chi connectivity index (χ2n) is 4.68. The molecule has 0 fully saturated rings. The molecule has 0 radical (unpaired) electrons. The molecule has 2 amide bonds. The van der Waals surface area contributed by atoms with E-state index in [-0.39, 0.29) is 18.4 Å². The third kappa shape index (κ3) is 3.99. The van der Waals surface area contributed by atoms with E-state index in [2.05, 4.69) is 20.9 Å². The Morgan fingerprint density at radius 3 is 2.45 bits per heavy atom. The van der Waals surface area contributed by atoms with Crippen molar-refractivity contribution in [2.24, 2.45) is 4.99 Å². The zero-order valence-electron chi connectivity index (χ0n) is 11.9. The number of urea groups is 1. The summed E-state index contributed by atoms with van der Waals surface area (Å²) in [4.78, 5) is 16.3. The SMILES string of the molecule is Cl.O=C(Nc1ccccc1)Nc1cccc(C2=NCCN2)c1. The van der Waals surface area contributed by atoms with Crippen molar-refractivity contribution < 1.29 is 4.79 Å². The molecule has 5 nitrogen and oxygen atoms in total. The molecular weight excluding hydrogens is 300 g/mol. The van der Waals surface area contributed by atoms with E-state index >= 15 is 0 Å². The number of benzene rings is 2. The number of rotatable bonds is 3. The summed E-state index contributed by atoms with van der Waals surface area (Å²) in [5.74, 6) is 0.877. The van der Waals surface area contributed by atoms with Gasteiger partial charge in [-0.05, 0) is 24.3 Å². The van der Waals surface area contributed by atoms with E-state index in [0.29, 0.717) is 0 Å². The van der Waals surface area contributed by atoms with E-state index in [4.69, 9.17) is 0 Å². The van der Waals surface area contributed by atoms with Gasteiger partial charge in [-0.3, -0.25) is 4.99 Å². The zero-order chi connectivity index (χ0) is 14.5. The van der Waals surface area contributed by atoms with Crippen molar-refractivity contribution in [3.05, 3.63) is 60.2 Å². The summed E-state index contributed by atoms with van der Waals surface area (Å²) in [6.07, 6.45) is 0. The Bertz CT molecular complexity index is 673. The summed E-state index contributed by atoms with van der Waals surface area (Å²) in [7, 11) is 0. The standard InChI is InChI=1S/C16H16N4O.ClH/c21-16(19-13-6-2-1-3-7-13)20-14-8-4-5-12(11-14)15-17-9-10-18-15;/h1-8,11H,9-10H2,(H,17,18)(H2,19,20,21);1H. The van der Waals surface area contributed by atoms with Crippen molar-refractivity contribution >= 4 is 35.6 Å². The average molecular weight is 317 g/mol. The van der Waals surface area contributed by atoms with Crippen molar-refractivity contribution in [1.82, 2.24) is 5.32 Å². The quantitative estimate of drug-likeness (QED) is 0.814. The molecule has 1 aliphatic rings. The molecule has 2 aromatic carbocycles. The molecule has 2 aromatic rings. The minimum absolute atomic E-state index is 0. The molecule has 0 aromatic heterocycles. The Labute approximate surface area is 135 Å². The van der Waals surface area contributed by atoms with Crippen molar-refractivity contribution in [3.8, 4) is 0 Å². The molecule has 0 saturated carbocycles. The normalized spacial score (nSPS) is 12.6. The molecule has 0 aliphatic carbocycles. The first kappa shape index (κ1) is 15.9. The van der Waals surface area contributed by atoms with Crippen LogP contribution in [0.25, 0.3) is 0 Å². The lowest BCUT2D eigenvalue weighted by molar-refractivity contribution is 0.262. The number of para-hydroxylation sites is 1. The van der Waals surface area contributed by atoms with Gasteiger partial charge >= 0.3 is 6.03 Å². The zero-order valence-corrected chi connectivity index (χ0v) is 12.7. The number of anilines is 2. The van der Waals surface area contributed by atoms with Gasteiger partial charge in [0.2, 0.25) is 0 Å². The minimum atomic E-state index is -0.264. The van der Waals surface area contributed by atoms with Crippen LogP contribution in [0.2, 0.25) is 0 Å². The molecule has 0 spiro atoms. The van der Waals surface area contributed by atoms with Gasteiger partial charge < -0.3 is 16.0 Å². The fourth-order valence-corrected chi connectivity index (χ4v) is 2.15. The van der Waals surface area contributed by atoms with Crippen LogP contribution in [0.3, 0.4) is 0 Å². The predicted molar refractivity (Wildman–Crippen MR) is 92.2 cm³/mol. The van der Waals surface area contributed by atoms with Gasteiger partial charge in [0.25, 0.3) is 0 Å². The van der Waals surface area contributed by atoms with Gasteiger partial charge in [0.1, 0.15) is 5.84 Å². The van der Waals surface area contributed by atoms with Crippen LogP contribution in [0.5, 0.6) is 0 Å². The lowest BCUT2D eigenvalue weighted by Crippen LogP contribution is -2.21. The molecular formula is C16H17ClN4O. The first-order valence-corrected chi connectivity index (χ1v) is 6.83. The van der Waals surface area contributed by atoms with Gasteiger partial charge in [0.05, 0.1) is 6.54 Å². The van der Waals surface area contributed by atoms with Crippen LogP contribution < -0.4 is 16.0 Å². The number of carbonyl (C=O) groups is 1. The highest BCUT2D eigenvalue weighted by Gasteiger charge is 2.09. The highest BCUT2D eigenvalue weighted by atomic mass is 35.5. The molecule has 0 atom stereocenters. The summed E-state index contributed by atoms with van der Waals surface area (Å²) < 4.78 is 0. The lowest BCUT2D eigenvalue weighted by atomic mass is 10.2. The second-order valence-corrected chi connectivity index (χ2v) is 4.68. The maximum atomic E-state index is 11.9. The van der Waals surface area contributed by atoms with Gasteiger partial charge in [-0.2, -0.15) is 0 Å². The van der Waals surface area contributed by atoms with Gasteiger partial charge in [-0.15, -0.1) is 12.4 Å². The number of hydrogen-bond acceptors (Lipinski definition) is 3. The molecule has 114 valence electrons. The number of amides is 2. The molecule has 6 heteroatoms. The summed E-state index contributed by atoms with van der Waals surface area (Å²) in [6, 6.07) is 16.7. The molecule has 1 aliphatic heterocycles. The number of carbonyl (C=O) groups excluding carboxylic acids is 1. The van der Waals surface area contributed by atoms with Gasteiger partial charge in [0.15, 0.2) is 0 Å². The van der Waals surface area contributed by atoms with Crippen molar-refractivity contribution in [3.63, 3.8) is 0 Å². The Kier molecular flexibility index (Phi) is 5.38. The van der Waals surface area contributed by atoms with Gasteiger partial charge in [0, 0.05) is 23.5 Å². The van der Waals surface area contributed by atoms with E-state index in [1.54, 1.807) is 0 Å². The van der Waals surface area contributed by atoms with Crippen molar-refractivity contribution in [2.75, 3.05) is 23.7 Å². The molecule has 3 rings (SSSR count). The fourth-order valence-electron chi connectivity index (χ4n) is 2.15. The summed E-state index contributed by atoms with van der Waals surface area (Å²) in [5.41, 5.74) is 2.47. The molecule has 0 saturated heterocycles. The molecule has 22 heavy (non-hydrogen) atoms. The third-order valence-corrected chi connectivity index (χ3v) is 3.10. The Balaban J connectivity index is 0.00000176. The first-order valence-electron chi connectivity index (χ1n) is 6.83. The highest BCUT2D eigenvalue weighted by Crippen LogP contribution is 2.13. The van der Waals surface area contributed by atoms with Crippen LogP contribution in [0.4, 0.5) is 16.2 Å². The fraction of sp³-hybridized carbons (Fsp3) is 0.125. The van der Waals surface area contributed by atoms with Crippen LogP contribution in [0, 0.1) is 0 Å². The van der Waals surface area contributed by atoms with Crippen molar-refractivity contribution in [2.45, 2.75) is 0 Å². The lowest BCUT2D eigenvalue weighted by Gasteiger charge is -2.09. The molecule has 1 heterocycles. The topological polar surface area (TPSA) is 65.5 Å². The van der Waals surface area contributed by atoms with E-state index in [1.165, 1.54) is 0 Å². The Morgan fingerprint density at radius 1 is 1.00 bits per heavy atom. The van der Waals surface area contributed by atoms with Gasteiger partial charge in [-0.25, -0.2) is 4.79 Å². The van der Waals surface area contributed by atoms with E-state index in [1.807, 2.05) is 54.6 Å². The third-order valence-electron chi connectivity index (χ3n) is 3.10. The Hall–Kier alpha value is -2.53. The van der Waals surface area contributed by atoms with E-state index < -0.39 is 0 Å². The maximum absolute atomic E-state index is 11.9. The van der Waals surface area contributed by atoms with Crippen LogP contribution in [-0.4, -0.2) is 25.0 Å². The Morgan fingerprint density at radius 2 is 1.73 bits per heavy atom. The monoisotopic (exact) mass is 316 g/mol. The number of hydrogen-bond donors (Lipinski definition) is 3. The number of nitrogens with one attached hydrogen (secondary N) is 3. The molecule has 0 unspecified atom stereocenters. The summed E-state index contributed by atoms with van der Waals surface area (Å²) >= 11 is 0. The minimum Gasteiger partial charge on any atom is -0.368 e. The maximum Gasteiger partial charge on any atom is 0.323 e. The largest absolute Gasteiger partial charge is 0.368 e. The molecule has 3 N–H and O–H groups in total. The number of nitrogens with zero attached hydrogens (tertiary/aromatic N) is 1. The van der Waals surface area contributed by atoms with Crippen LogP contribution in [0.1, 0.15) is 5.56 Å². The van der Waals surface area contributed by atoms with E-state index in [9.17, 15) is 4.79 Å². The summed E-state index contributed by atoms with van der Waals surface area (Å²) in [6.45, 7) is 1.66. The van der Waals surface area contributed by atoms with Crippen LogP contribution in [-0.2, 0) is 0 Å². The van der Waals surface area contributed by atoms with Crippen LogP contribution >= 0.6 is 12.4 Å². The number of halogens is 1. The number of aliphatic imine (C=N–C) groups is 1. The smallest absolute Gasteiger partial charge is 0.323 e. The highest BCUT2D eigenvalue weighted by molar-refractivity contribution is 6.03. The average Bonchev–Trinajstić information content (AvgIpc) is 3.02. The van der Waals surface area contributed by atoms with Crippen LogP contribution in [0.15, 0.2) is 59.6 Å². The number of amidine groups is 1. The van der Waals surface area contributed by atoms with Gasteiger partial charge in [-0.1, -0.05) is 30.3 Å². The first-order chi connectivity index (χ1) is 10.3. The predicted octanol–water partition coefficient (Wildman–Crippen LogP) is 3.10. The summed E-state index contributed by atoms with van der Waals surface area (Å²) in [5, 5.41) is 8.82. The molecule has 0 bridgehead atoms.